The van der Waals surface area contributed by atoms with Crippen molar-refractivity contribution in [3.05, 3.63) is 29.6 Å². The number of hydrogen-bond donors (Lipinski definition) is 1. The first kappa shape index (κ1) is 17.7. The van der Waals surface area contributed by atoms with Crippen molar-refractivity contribution in [3.8, 4) is 0 Å². The standard InChI is InChI=1S/C11H13F3N2O2.ClH/c1-2-18-10(17)5-8(15)7-3-4-9(16-6-7)11(12,13)14;/h3-4,6,8H,2,5,15H2,1H3;1H. The van der Waals surface area contributed by atoms with E-state index >= 15 is 0 Å². The van der Waals surface area contributed by atoms with Crippen molar-refractivity contribution in [2.75, 3.05) is 6.61 Å². The van der Waals surface area contributed by atoms with Crippen molar-refractivity contribution in [2.45, 2.75) is 25.6 Å². The van der Waals surface area contributed by atoms with Crippen LogP contribution >= 0.6 is 12.4 Å². The van der Waals surface area contributed by atoms with Crippen LogP contribution in [0.4, 0.5) is 13.2 Å². The molecule has 1 aromatic heterocycles. The van der Waals surface area contributed by atoms with Crippen LogP contribution in [0, 0.1) is 0 Å². The molecule has 2 N–H and O–H groups in total. The molecule has 0 spiro atoms. The summed E-state index contributed by atoms with van der Waals surface area (Å²) in [6, 6.07) is 1.32. The highest BCUT2D eigenvalue weighted by Gasteiger charge is 2.32. The molecular weight excluding hydrogens is 285 g/mol. The van der Waals surface area contributed by atoms with Gasteiger partial charge in [-0.05, 0) is 18.6 Å². The Bertz CT molecular complexity index is 409. The zero-order chi connectivity index (χ0) is 13.8. The molecule has 8 heteroatoms. The molecule has 0 aromatic carbocycles. The van der Waals surface area contributed by atoms with Crippen LogP contribution in [0.5, 0.6) is 0 Å². The minimum Gasteiger partial charge on any atom is -0.466 e. The van der Waals surface area contributed by atoms with E-state index in [1.54, 1.807) is 6.92 Å². The topological polar surface area (TPSA) is 65.2 Å². The average molecular weight is 299 g/mol. The van der Waals surface area contributed by atoms with Gasteiger partial charge in [-0.1, -0.05) is 6.07 Å². The van der Waals surface area contributed by atoms with Crippen molar-refractivity contribution in [1.29, 1.82) is 0 Å². The summed E-state index contributed by atoms with van der Waals surface area (Å²) in [6.07, 6.45) is -3.56. The van der Waals surface area contributed by atoms with Gasteiger partial charge in [0, 0.05) is 12.2 Å². The van der Waals surface area contributed by atoms with E-state index in [1.165, 1.54) is 6.07 Å². The summed E-state index contributed by atoms with van der Waals surface area (Å²) < 4.78 is 41.5. The van der Waals surface area contributed by atoms with Gasteiger partial charge in [-0.2, -0.15) is 13.2 Å². The lowest BCUT2D eigenvalue weighted by Gasteiger charge is -2.12. The molecule has 0 aliphatic rings. The summed E-state index contributed by atoms with van der Waals surface area (Å²) >= 11 is 0. The normalized spacial score (nSPS) is 12.5. The maximum absolute atomic E-state index is 12.3. The molecule has 0 aliphatic heterocycles. The number of rotatable bonds is 4. The number of alkyl halides is 3. The number of carbonyl (C=O) groups excluding carboxylic acids is 1. The number of nitrogens with two attached hydrogens (primary N) is 1. The fourth-order valence-electron chi connectivity index (χ4n) is 1.31. The Morgan fingerprint density at radius 3 is 2.53 bits per heavy atom. The van der Waals surface area contributed by atoms with Gasteiger partial charge in [-0.3, -0.25) is 9.78 Å². The number of nitrogens with zero attached hydrogens (tertiary/aromatic N) is 1. The molecule has 1 rings (SSSR count). The fraction of sp³-hybridized carbons (Fsp3) is 0.455. The number of ether oxygens (including phenoxy) is 1. The predicted octanol–water partition coefficient (Wildman–Crippen LogP) is 2.48. The molecule has 0 saturated heterocycles. The SMILES string of the molecule is CCOC(=O)CC(N)c1ccc(C(F)(F)F)nc1.Cl. The summed E-state index contributed by atoms with van der Waals surface area (Å²) in [7, 11) is 0. The molecule has 0 radical (unpaired) electrons. The second-order valence-corrected chi connectivity index (χ2v) is 3.59. The molecule has 0 amide bonds. The molecule has 1 unspecified atom stereocenters. The third kappa shape index (κ3) is 5.44. The Balaban J connectivity index is 0.00000324. The quantitative estimate of drug-likeness (QED) is 0.867. The van der Waals surface area contributed by atoms with Crippen molar-refractivity contribution in [1.82, 2.24) is 4.98 Å². The van der Waals surface area contributed by atoms with Crippen LogP contribution in [-0.2, 0) is 15.7 Å². The molecule has 0 fully saturated rings. The van der Waals surface area contributed by atoms with Gasteiger partial charge in [0.25, 0.3) is 0 Å². The largest absolute Gasteiger partial charge is 0.466 e. The first-order valence-corrected chi connectivity index (χ1v) is 5.29. The number of carbonyl (C=O) groups is 1. The third-order valence-corrected chi connectivity index (χ3v) is 2.20. The molecule has 1 atom stereocenters. The van der Waals surface area contributed by atoms with Crippen molar-refractivity contribution < 1.29 is 22.7 Å². The Labute approximate surface area is 114 Å². The van der Waals surface area contributed by atoms with Gasteiger partial charge < -0.3 is 10.5 Å². The highest BCUT2D eigenvalue weighted by molar-refractivity contribution is 5.85. The zero-order valence-electron chi connectivity index (χ0n) is 10.1. The molecule has 0 saturated carbocycles. The van der Waals surface area contributed by atoms with Crippen molar-refractivity contribution in [3.63, 3.8) is 0 Å². The van der Waals surface area contributed by atoms with E-state index in [1.807, 2.05) is 0 Å². The predicted molar refractivity (Wildman–Crippen MR) is 64.7 cm³/mol. The van der Waals surface area contributed by atoms with Gasteiger partial charge >= 0.3 is 12.1 Å². The third-order valence-electron chi connectivity index (χ3n) is 2.20. The van der Waals surface area contributed by atoms with E-state index in [2.05, 4.69) is 4.98 Å². The van der Waals surface area contributed by atoms with Gasteiger partial charge in [-0.25, -0.2) is 0 Å². The smallest absolute Gasteiger partial charge is 0.433 e. The van der Waals surface area contributed by atoms with Crippen LogP contribution in [-0.4, -0.2) is 17.6 Å². The monoisotopic (exact) mass is 298 g/mol. The number of aromatic nitrogens is 1. The summed E-state index contributed by atoms with van der Waals surface area (Å²) in [5.41, 5.74) is 5.03. The van der Waals surface area contributed by atoms with Crippen molar-refractivity contribution in [2.24, 2.45) is 5.73 Å². The zero-order valence-corrected chi connectivity index (χ0v) is 10.9. The Kier molecular flexibility index (Phi) is 6.78. The lowest BCUT2D eigenvalue weighted by atomic mass is 10.1. The fourth-order valence-corrected chi connectivity index (χ4v) is 1.31. The minimum atomic E-state index is -4.48. The van der Waals surface area contributed by atoms with Crippen LogP contribution in [0.25, 0.3) is 0 Å². The summed E-state index contributed by atoms with van der Waals surface area (Å²) in [4.78, 5) is 14.4. The van der Waals surface area contributed by atoms with E-state index in [-0.39, 0.29) is 25.4 Å². The van der Waals surface area contributed by atoms with Gasteiger partial charge in [0.2, 0.25) is 0 Å². The van der Waals surface area contributed by atoms with Gasteiger partial charge in [-0.15, -0.1) is 12.4 Å². The van der Waals surface area contributed by atoms with E-state index in [4.69, 9.17) is 10.5 Å². The Morgan fingerprint density at radius 1 is 1.47 bits per heavy atom. The van der Waals surface area contributed by atoms with Crippen LogP contribution in [0.15, 0.2) is 18.3 Å². The minimum absolute atomic E-state index is 0. The molecule has 0 bridgehead atoms. The maximum atomic E-state index is 12.3. The molecular formula is C11H14ClF3N2O2. The highest BCUT2D eigenvalue weighted by atomic mass is 35.5. The van der Waals surface area contributed by atoms with Gasteiger partial charge in [0.1, 0.15) is 5.69 Å². The van der Waals surface area contributed by atoms with Gasteiger partial charge in [0.15, 0.2) is 0 Å². The van der Waals surface area contributed by atoms with Crippen LogP contribution < -0.4 is 5.73 Å². The average Bonchev–Trinajstić information content (AvgIpc) is 2.28. The molecule has 108 valence electrons. The summed E-state index contributed by atoms with van der Waals surface area (Å²) in [5, 5.41) is 0. The Morgan fingerprint density at radius 2 is 2.11 bits per heavy atom. The molecule has 1 aromatic rings. The van der Waals surface area contributed by atoms with Crippen LogP contribution in [0.2, 0.25) is 0 Å². The first-order chi connectivity index (χ1) is 8.34. The number of esters is 1. The Hall–Kier alpha value is -1.34. The van der Waals surface area contributed by atoms with Crippen LogP contribution in [0.3, 0.4) is 0 Å². The van der Waals surface area contributed by atoms with E-state index in [0.29, 0.717) is 5.56 Å². The number of hydrogen-bond acceptors (Lipinski definition) is 4. The second-order valence-electron chi connectivity index (χ2n) is 3.59. The lowest BCUT2D eigenvalue weighted by molar-refractivity contribution is -0.144. The van der Waals surface area contributed by atoms with Gasteiger partial charge in [0.05, 0.1) is 13.0 Å². The van der Waals surface area contributed by atoms with Crippen LogP contribution in [0.1, 0.15) is 30.6 Å². The first-order valence-electron chi connectivity index (χ1n) is 5.29. The summed E-state index contributed by atoms with van der Waals surface area (Å²) in [5.74, 6) is -0.495. The lowest BCUT2D eigenvalue weighted by Crippen LogP contribution is -2.18. The summed E-state index contributed by atoms with van der Waals surface area (Å²) in [6.45, 7) is 1.89. The number of halogens is 4. The highest BCUT2D eigenvalue weighted by Crippen LogP contribution is 2.28. The molecule has 1 heterocycles. The van der Waals surface area contributed by atoms with Crippen molar-refractivity contribution >= 4 is 18.4 Å². The second kappa shape index (κ2) is 7.30. The molecule has 19 heavy (non-hydrogen) atoms. The number of pyridine rings is 1. The maximum Gasteiger partial charge on any atom is 0.433 e. The van der Waals surface area contributed by atoms with E-state index < -0.39 is 23.9 Å². The van der Waals surface area contributed by atoms with E-state index in [0.717, 1.165) is 12.3 Å². The molecule has 4 nitrogen and oxygen atoms in total. The molecule has 0 aliphatic carbocycles. The van der Waals surface area contributed by atoms with E-state index in [9.17, 15) is 18.0 Å².